The third-order valence-corrected chi connectivity index (χ3v) is 1.92. The highest BCUT2D eigenvalue weighted by atomic mass is 16.5. The van der Waals surface area contributed by atoms with Crippen molar-refractivity contribution < 1.29 is 9.84 Å². The lowest BCUT2D eigenvalue weighted by atomic mass is 10.0. The maximum atomic E-state index is 9.36. The Morgan fingerprint density at radius 3 is 2.73 bits per heavy atom. The van der Waals surface area contributed by atoms with Crippen LogP contribution in [-0.2, 0) is 4.74 Å². The van der Waals surface area contributed by atoms with E-state index in [1.165, 1.54) is 0 Å². The smallest absolute Gasteiger partial charge is 0.0784 e. The van der Waals surface area contributed by atoms with Crippen molar-refractivity contribution in [2.24, 2.45) is 0 Å². The average Bonchev–Trinajstić information content (AvgIpc) is 1.85. The fourth-order valence-corrected chi connectivity index (χ4v) is 1.50. The lowest BCUT2D eigenvalue weighted by Crippen LogP contribution is -2.32. The highest BCUT2D eigenvalue weighted by Crippen LogP contribution is 2.19. The third kappa shape index (κ3) is 2.64. The number of hydrogen-bond acceptors (Lipinski definition) is 2. The van der Waals surface area contributed by atoms with Crippen molar-refractivity contribution in [2.75, 3.05) is 0 Å². The van der Waals surface area contributed by atoms with Crippen molar-refractivity contribution in [2.45, 2.75) is 45.0 Å². The predicted molar refractivity (Wildman–Crippen MR) is 44.4 cm³/mol. The molecule has 0 bridgehead atoms. The first kappa shape index (κ1) is 8.75. The molecular weight excluding hydrogens is 140 g/mol. The first-order valence-electron chi connectivity index (χ1n) is 4.18. The minimum absolute atomic E-state index is 0.124. The van der Waals surface area contributed by atoms with Crippen LogP contribution < -0.4 is 0 Å². The van der Waals surface area contributed by atoms with Gasteiger partial charge >= 0.3 is 0 Å². The van der Waals surface area contributed by atoms with Crippen LogP contribution in [0.2, 0.25) is 0 Å². The van der Waals surface area contributed by atoms with E-state index in [0.29, 0.717) is 0 Å². The molecule has 2 heteroatoms. The van der Waals surface area contributed by atoms with Crippen molar-refractivity contribution in [1.29, 1.82) is 0 Å². The number of ether oxygens (including phenoxy) is 1. The van der Waals surface area contributed by atoms with Gasteiger partial charge in [-0.05, 0) is 20.3 Å². The molecule has 1 rings (SSSR count). The molecule has 0 radical (unpaired) electrons. The molecule has 0 amide bonds. The summed E-state index contributed by atoms with van der Waals surface area (Å²) >= 11 is 0. The highest BCUT2D eigenvalue weighted by molar-refractivity contribution is 4.91. The molecule has 1 heterocycles. The van der Waals surface area contributed by atoms with E-state index in [-0.39, 0.29) is 18.3 Å². The van der Waals surface area contributed by atoms with E-state index >= 15 is 0 Å². The Balaban J connectivity index is 2.42. The number of aliphatic hydroxyl groups excluding tert-OH is 1. The van der Waals surface area contributed by atoms with Gasteiger partial charge in [-0.3, -0.25) is 0 Å². The van der Waals surface area contributed by atoms with Gasteiger partial charge in [0.1, 0.15) is 0 Å². The summed E-state index contributed by atoms with van der Waals surface area (Å²) in [4.78, 5) is 0. The zero-order valence-corrected chi connectivity index (χ0v) is 7.16. The van der Waals surface area contributed by atoms with E-state index in [9.17, 15) is 5.11 Å². The van der Waals surface area contributed by atoms with Gasteiger partial charge in [0, 0.05) is 6.42 Å². The second-order valence-corrected chi connectivity index (χ2v) is 3.14. The first-order valence-corrected chi connectivity index (χ1v) is 4.18. The Kier molecular flexibility index (Phi) is 3.09. The lowest BCUT2D eigenvalue weighted by Gasteiger charge is -2.29. The molecule has 1 N–H and O–H groups in total. The Morgan fingerprint density at radius 1 is 1.45 bits per heavy atom. The minimum atomic E-state index is -0.181. The van der Waals surface area contributed by atoms with Gasteiger partial charge in [0.15, 0.2) is 0 Å². The van der Waals surface area contributed by atoms with Gasteiger partial charge in [0.25, 0.3) is 0 Å². The third-order valence-electron chi connectivity index (χ3n) is 1.92. The summed E-state index contributed by atoms with van der Waals surface area (Å²) in [5, 5.41) is 9.36. The van der Waals surface area contributed by atoms with Crippen LogP contribution in [0.4, 0.5) is 0 Å². The van der Waals surface area contributed by atoms with Gasteiger partial charge in [-0.1, -0.05) is 12.2 Å². The Hall–Kier alpha value is -0.340. The Morgan fingerprint density at radius 2 is 2.18 bits per heavy atom. The zero-order valence-electron chi connectivity index (χ0n) is 7.16. The number of allylic oxidation sites excluding steroid dienone is 1. The molecule has 0 saturated carbocycles. The van der Waals surface area contributed by atoms with Gasteiger partial charge in [-0.2, -0.15) is 0 Å². The van der Waals surface area contributed by atoms with Crippen LogP contribution in [0.15, 0.2) is 12.2 Å². The van der Waals surface area contributed by atoms with E-state index in [0.717, 1.165) is 12.8 Å². The summed E-state index contributed by atoms with van der Waals surface area (Å²) in [5.74, 6) is 0. The molecule has 0 spiro atoms. The Bertz CT molecular complexity index is 132. The van der Waals surface area contributed by atoms with Crippen LogP contribution in [0.5, 0.6) is 0 Å². The molecule has 0 aliphatic carbocycles. The maximum absolute atomic E-state index is 9.36. The van der Waals surface area contributed by atoms with E-state index in [4.69, 9.17) is 4.74 Å². The van der Waals surface area contributed by atoms with Crippen LogP contribution in [-0.4, -0.2) is 23.4 Å². The molecule has 1 saturated heterocycles. The van der Waals surface area contributed by atoms with E-state index in [1.54, 1.807) is 0 Å². The van der Waals surface area contributed by atoms with Gasteiger partial charge in [-0.15, -0.1) is 0 Å². The number of aliphatic hydroxyl groups is 1. The average molecular weight is 156 g/mol. The first-order chi connectivity index (χ1) is 5.22. The predicted octanol–water partition coefficient (Wildman–Crippen LogP) is 1.49. The van der Waals surface area contributed by atoms with Gasteiger partial charge in [-0.25, -0.2) is 0 Å². The molecule has 1 aliphatic heterocycles. The molecule has 3 atom stereocenters. The van der Waals surface area contributed by atoms with Crippen molar-refractivity contribution in [3.05, 3.63) is 12.2 Å². The maximum Gasteiger partial charge on any atom is 0.0784 e. The molecule has 11 heavy (non-hydrogen) atoms. The van der Waals surface area contributed by atoms with E-state index in [1.807, 2.05) is 26.0 Å². The van der Waals surface area contributed by atoms with Crippen LogP contribution in [0.1, 0.15) is 26.7 Å². The van der Waals surface area contributed by atoms with Gasteiger partial charge in [0.2, 0.25) is 0 Å². The summed E-state index contributed by atoms with van der Waals surface area (Å²) in [5.41, 5.74) is 0. The van der Waals surface area contributed by atoms with E-state index < -0.39 is 0 Å². The highest BCUT2D eigenvalue weighted by Gasteiger charge is 2.23. The van der Waals surface area contributed by atoms with Gasteiger partial charge < -0.3 is 9.84 Å². The van der Waals surface area contributed by atoms with Crippen LogP contribution >= 0.6 is 0 Å². The quantitative estimate of drug-likeness (QED) is 0.583. The molecule has 64 valence electrons. The summed E-state index contributed by atoms with van der Waals surface area (Å²) in [6.45, 7) is 3.97. The molecule has 0 aromatic heterocycles. The van der Waals surface area contributed by atoms with Crippen LogP contribution in [0, 0.1) is 0 Å². The molecule has 0 aromatic rings. The zero-order chi connectivity index (χ0) is 8.27. The SMILES string of the molecule is CC=CC1CC(O)CC(C)O1. The fraction of sp³-hybridized carbons (Fsp3) is 0.778. The Labute approximate surface area is 67.9 Å². The summed E-state index contributed by atoms with van der Waals surface area (Å²) in [7, 11) is 0. The van der Waals surface area contributed by atoms with Gasteiger partial charge in [0.05, 0.1) is 18.3 Å². The van der Waals surface area contributed by atoms with Crippen LogP contribution in [0.3, 0.4) is 0 Å². The molecular formula is C9H16O2. The summed E-state index contributed by atoms with van der Waals surface area (Å²) < 4.78 is 5.55. The normalized spacial score (nSPS) is 39.7. The molecule has 1 fully saturated rings. The summed E-state index contributed by atoms with van der Waals surface area (Å²) in [6.07, 6.45) is 5.62. The van der Waals surface area contributed by atoms with Crippen molar-refractivity contribution >= 4 is 0 Å². The summed E-state index contributed by atoms with van der Waals surface area (Å²) in [6, 6.07) is 0. The molecule has 1 aliphatic rings. The minimum Gasteiger partial charge on any atom is -0.393 e. The molecule has 2 nitrogen and oxygen atoms in total. The standard InChI is InChI=1S/C9H16O2/c1-3-4-9-6-8(10)5-7(2)11-9/h3-4,7-10H,5-6H2,1-2H3. The van der Waals surface area contributed by atoms with E-state index in [2.05, 4.69) is 0 Å². The fourth-order valence-electron chi connectivity index (χ4n) is 1.50. The van der Waals surface area contributed by atoms with Crippen molar-refractivity contribution in [1.82, 2.24) is 0 Å². The van der Waals surface area contributed by atoms with Crippen LogP contribution in [0.25, 0.3) is 0 Å². The monoisotopic (exact) mass is 156 g/mol. The van der Waals surface area contributed by atoms with Crippen molar-refractivity contribution in [3.8, 4) is 0 Å². The second kappa shape index (κ2) is 3.88. The number of hydrogen-bond donors (Lipinski definition) is 1. The lowest BCUT2D eigenvalue weighted by molar-refractivity contribution is -0.0672. The van der Waals surface area contributed by atoms with Crippen molar-refractivity contribution in [3.63, 3.8) is 0 Å². The molecule has 0 aromatic carbocycles. The number of rotatable bonds is 1. The second-order valence-electron chi connectivity index (χ2n) is 3.14. The molecule has 3 unspecified atom stereocenters. The topological polar surface area (TPSA) is 29.5 Å². The largest absolute Gasteiger partial charge is 0.393 e.